The molecule has 0 bridgehead atoms. The number of benzene rings is 2. The number of halogens is 1. The molecule has 7 heteroatoms. The van der Waals surface area contributed by atoms with E-state index >= 15 is 0 Å². The molecule has 0 spiro atoms. The summed E-state index contributed by atoms with van der Waals surface area (Å²) in [6.45, 7) is 4.64. The van der Waals surface area contributed by atoms with Gasteiger partial charge in [-0.25, -0.2) is 4.39 Å². The van der Waals surface area contributed by atoms with Gasteiger partial charge in [0.15, 0.2) is 0 Å². The normalized spacial score (nSPS) is 14.5. The van der Waals surface area contributed by atoms with E-state index in [2.05, 4.69) is 51.7 Å². The maximum Gasteiger partial charge on any atom is 0.313 e. The zero-order valence-corrected chi connectivity index (χ0v) is 16.7. The van der Waals surface area contributed by atoms with Gasteiger partial charge in [-0.3, -0.25) is 9.59 Å². The highest BCUT2D eigenvalue weighted by Gasteiger charge is 2.15. The van der Waals surface area contributed by atoms with E-state index in [-0.39, 0.29) is 5.69 Å². The number of rotatable bonds is 6. The smallest absolute Gasteiger partial charge is 0.313 e. The van der Waals surface area contributed by atoms with Crippen molar-refractivity contribution in [1.82, 2.24) is 10.2 Å². The van der Waals surface area contributed by atoms with Gasteiger partial charge in [0.2, 0.25) is 0 Å². The van der Waals surface area contributed by atoms with Gasteiger partial charge in [0.25, 0.3) is 0 Å². The largest absolute Gasteiger partial charge is 0.369 e. The van der Waals surface area contributed by atoms with Crippen molar-refractivity contribution < 1.29 is 14.0 Å². The average molecular weight is 398 g/mol. The van der Waals surface area contributed by atoms with Crippen LogP contribution >= 0.6 is 0 Å². The lowest BCUT2D eigenvalue weighted by Crippen LogP contribution is -2.44. The van der Waals surface area contributed by atoms with E-state index in [4.69, 9.17) is 0 Å². The van der Waals surface area contributed by atoms with E-state index in [1.807, 2.05) is 0 Å². The van der Waals surface area contributed by atoms with Crippen LogP contribution in [-0.2, 0) is 16.0 Å². The van der Waals surface area contributed by atoms with Gasteiger partial charge in [0, 0.05) is 44.1 Å². The average Bonchev–Trinajstić information content (AvgIpc) is 2.72. The summed E-state index contributed by atoms with van der Waals surface area (Å²) in [4.78, 5) is 28.4. The summed E-state index contributed by atoms with van der Waals surface area (Å²) in [5.74, 6) is -1.99. The Morgan fingerprint density at radius 1 is 1.00 bits per heavy atom. The monoisotopic (exact) mass is 398 g/mol. The van der Waals surface area contributed by atoms with Gasteiger partial charge in [-0.05, 0) is 55.8 Å². The molecule has 3 rings (SSSR count). The number of carbonyl (C=O) groups is 2. The number of amides is 2. The first-order valence-corrected chi connectivity index (χ1v) is 9.88. The summed E-state index contributed by atoms with van der Waals surface area (Å²) in [6, 6.07) is 14.0. The van der Waals surface area contributed by atoms with Crippen LogP contribution < -0.4 is 15.5 Å². The Morgan fingerprint density at radius 2 is 1.72 bits per heavy atom. The van der Waals surface area contributed by atoms with Crippen LogP contribution in [0, 0.1) is 5.82 Å². The van der Waals surface area contributed by atoms with Gasteiger partial charge in [0.1, 0.15) is 5.82 Å². The first-order chi connectivity index (χ1) is 14.0. The standard InChI is InChI=1S/C22H27FN4O2/c1-26-12-14-27(15-13-26)20-9-7-17(8-10-20)4-3-11-24-21(28)22(29)25-19-6-2-5-18(23)16-19/h2,5-10,16H,3-4,11-15H2,1H3,(H,24,28)(H,25,29). The summed E-state index contributed by atoms with van der Waals surface area (Å²) in [5, 5.41) is 4.98. The van der Waals surface area contributed by atoms with Crippen molar-refractivity contribution in [2.75, 3.05) is 50.0 Å². The summed E-state index contributed by atoms with van der Waals surface area (Å²) in [7, 11) is 2.14. The SMILES string of the molecule is CN1CCN(c2ccc(CCCNC(=O)C(=O)Nc3cccc(F)c3)cc2)CC1. The van der Waals surface area contributed by atoms with Crippen LogP contribution in [0.25, 0.3) is 0 Å². The van der Waals surface area contributed by atoms with Gasteiger partial charge in [0.05, 0.1) is 0 Å². The fraction of sp³-hybridized carbons (Fsp3) is 0.364. The molecule has 1 aliphatic heterocycles. The molecule has 2 aromatic carbocycles. The third-order valence-corrected chi connectivity index (χ3v) is 5.02. The van der Waals surface area contributed by atoms with E-state index < -0.39 is 17.6 Å². The van der Waals surface area contributed by atoms with Crippen molar-refractivity contribution in [3.8, 4) is 0 Å². The maximum absolute atomic E-state index is 13.1. The molecule has 0 atom stereocenters. The second-order valence-corrected chi connectivity index (χ2v) is 7.28. The molecule has 0 radical (unpaired) electrons. The molecule has 0 aliphatic carbocycles. The lowest BCUT2D eigenvalue weighted by molar-refractivity contribution is -0.136. The lowest BCUT2D eigenvalue weighted by Gasteiger charge is -2.34. The van der Waals surface area contributed by atoms with Crippen molar-refractivity contribution in [2.45, 2.75) is 12.8 Å². The Bertz CT molecular complexity index is 833. The molecule has 0 unspecified atom stereocenters. The third-order valence-electron chi connectivity index (χ3n) is 5.02. The first-order valence-electron chi connectivity index (χ1n) is 9.88. The van der Waals surface area contributed by atoms with Crippen LogP contribution in [0.3, 0.4) is 0 Å². The van der Waals surface area contributed by atoms with Crippen LogP contribution in [0.5, 0.6) is 0 Å². The molecule has 154 valence electrons. The quantitative estimate of drug-likeness (QED) is 0.579. The van der Waals surface area contributed by atoms with E-state index in [0.717, 1.165) is 45.1 Å². The van der Waals surface area contributed by atoms with E-state index in [9.17, 15) is 14.0 Å². The minimum Gasteiger partial charge on any atom is -0.369 e. The first kappa shape index (κ1) is 20.8. The zero-order chi connectivity index (χ0) is 20.6. The number of nitrogens with one attached hydrogen (secondary N) is 2. The topological polar surface area (TPSA) is 64.7 Å². The predicted molar refractivity (Wildman–Crippen MR) is 113 cm³/mol. The number of hydrogen-bond donors (Lipinski definition) is 2. The minimum atomic E-state index is -0.799. The van der Waals surface area contributed by atoms with Crippen LogP contribution in [0.4, 0.5) is 15.8 Å². The molecule has 6 nitrogen and oxygen atoms in total. The third kappa shape index (κ3) is 6.29. The van der Waals surface area contributed by atoms with Crippen molar-refractivity contribution in [1.29, 1.82) is 0 Å². The predicted octanol–water partition coefficient (Wildman–Crippen LogP) is 2.26. The molecular weight excluding hydrogens is 371 g/mol. The fourth-order valence-corrected chi connectivity index (χ4v) is 3.27. The number of aryl methyl sites for hydroxylation is 1. The molecule has 2 amide bonds. The highest BCUT2D eigenvalue weighted by molar-refractivity contribution is 6.39. The lowest BCUT2D eigenvalue weighted by atomic mass is 10.1. The molecule has 2 aromatic rings. The molecule has 29 heavy (non-hydrogen) atoms. The Morgan fingerprint density at radius 3 is 2.41 bits per heavy atom. The van der Waals surface area contributed by atoms with Gasteiger partial charge >= 0.3 is 11.8 Å². The molecular formula is C22H27FN4O2. The Labute approximate surface area is 170 Å². The van der Waals surface area contributed by atoms with Crippen molar-refractivity contribution >= 4 is 23.2 Å². The number of hydrogen-bond acceptors (Lipinski definition) is 4. The summed E-state index contributed by atoms with van der Waals surface area (Å²) < 4.78 is 13.1. The Balaban J connectivity index is 1.37. The van der Waals surface area contributed by atoms with Crippen molar-refractivity contribution in [2.24, 2.45) is 0 Å². The van der Waals surface area contributed by atoms with Gasteiger partial charge in [-0.2, -0.15) is 0 Å². The Hall–Kier alpha value is -2.93. The highest BCUT2D eigenvalue weighted by atomic mass is 19.1. The van der Waals surface area contributed by atoms with E-state index in [1.165, 1.54) is 29.4 Å². The number of anilines is 2. The molecule has 1 heterocycles. The molecule has 1 aliphatic rings. The maximum atomic E-state index is 13.1. The zero-order valence-electron chi connectivity index (χ0n) is 16.7. The number of nitrogens with zero attached hydrogens (tertiary/aromatic N) is 2. The van der Waals surface area contributed by atoms with Gasteiger partial charge < -0.3 is 20.4 Å². The van der Waals surface area contributed by atoms with Gasteiger partial charge in [-0.15, -0.1) is 0 Å². The molecule has 1 fully saturated rings. The number of piperazine rings is 1. The summed E-state index contributed by atoms with van der Waals surface area (Å²) in [6.07, 6.45) is 1.54. The van der Waals surface area contributed by atoms with E-state index in [0.29, 0.717) is 6.54 Å². The van der Waals surface area contributed by atoms with E-state index in [1.54, 1.807) is 0 Å². The number of likely N-dealkylation sites (N-methyl/N-ethyl adjacent to an activating group) is 1. The Kier molecular flexibility index (Phi) is 7.19. The minimum absolute atomic E-state index is 0.255. The van der Waals surface area contributed by atoms with Crippen LogP contribution in [0.1, 0.15) is 12.0 Å². The van der Waals surface area contributed by atoms with Crippen LogP contribution in [0.2, 0.25) is 0 Å². The molecule has 0 saturated carbocycles. The van der Waals surface area contributed by atoms with Crippen LogP contribution in [-0.4, -0.2) is 56.5 Å². The summed E-state index contributed by atoms with van der Waals surface area (Å²) >= 11 is 0. The van der Waals surface area contributed by atoms with Crippen molar-refractivity contribution in [3.63, 3.8) is 0 Å². The number of carbonyl (C=O) groups excluding carboxylic acids is 2. The van der Waals surface area contributed by atoms with Gasteiger partial charge in [-0.1, -0.05) is 18.2 Å². The van der Waals surface area contributed by atoms with Crippen LogP contribution in [0.15, 0.2) is 48.5 Å². The molecule has 1 saturated heterocycles. The fourth-order valence-electron chi connectivity index (χ4n) is 3.27. The second kappa shape index (κ2) is 10.0. The molecule has 0 aromatic heterocycles. The van der Waals surface area contributed by atoms with Crippen molar-refractivity contribution in [3.05, 3.63) is 59.9 Å². The second-order valence-electron chi connectivity index (χ2n) is 7.28. The summed E-state index contributed by atoms with van der Waals surface area (Å²) in [5.41, 5.74) is 2.69. The highest BCUT2D eigenvalue weighted by Crippen LogP contribution is 2.17. The molecule has 2 N–H and O–H groups in total.